The summed E-state index contributed by atoms with van der Waals surface area (Å²) in [7, 11) is -3.39. The Labute approximate surface area is 139 Å². The number of ether oxygens (including phenoxy) is 1. The van der Waals surface area contributed by atoms with Gasteiger partial charge in [-0.25, -0.2) is 8.42 Å². The molecule has 1 aromatic carbocycles. The van der Waals surface area contributed by atoms with E-state index >= 15 is 0 Å². The summed E-state index contributed by atoms with van der Waals surface area (Å²) in [6, 6.07) is 7.20. The van der Waals surface area contributed by atoms with Crippen LogP contribution in [0.4, 0.5) is 0 Å². The second kappa shape index (κ2) is 8.34. The molecule has 1 rings (SSSR count). The van der Waals surface area contributed by atoms with Crippen molar-refractivity contribution in [3.8, 4) is 5.75 Å². The molecule has 0 radical (unpaired) electrons. The third-order valence-corrected chi connectivity index (χ3v) is 5.21. The summed E-state index contributed by atoms with van der Waals surface area (Å²) in [4.78, 5) is 11.9. The van der Waals surface area contributed by atoms with Crippen LogP contribution >= 0.6 is 0 Å². The van der Waals surface area contributed by atoms with Crippen LogP contribution in [-0.2, 0) is 14.6 Å². The minimum Gasteiger partial charge on any atom is -0.494 e. The first-order chi connectivity index (χ1) is 10.6. The van der Waals surface area contributed by atoms with Gasteiger partial charge >= 0.3 is 0 Å². The van der Waals surface area contributed by atoms with E-state index in [4.69, 9.17) is 4.74 Å². The SMILES string of the molecule is CC(C)CCOc1ccc([C@H](C)NC(=O)[C@H](C)S(C)(=O)=O)cc1. The van der Waals surface area contributed by atoms with Gasteiger partial charge in [-0.2, -0.15) is 0 Å². The van der Waals surface area contributed by atoms with Gasteiger partial charge in [0.1, 0.15) is 11.0 Å². The lowest BCUT2D eigenvalue weighted by molar-refractivity contribution is -0.121. The van der Waals surface area contributed by atoms with Crippen LogP contribution in [0, 0.1) is 5.92 Å². The van der Waals surface area contributed by atoms with Crippen molar-refractivity contribution in [2.24, 2.45) is 5.92 Å². The topological polar surface area (TPSA) is 72.5 Å². The van der Waals surface area contributed by atoms with Crippen LogP contribution < -0.4 is 10.1 Å². The second-order valence-corrected chi connectivity index (χ2v) is 8.67. The molecule has 2 atom stereocenters. The molecule has 130 valence electrons. The van der Waals surface area contributed by atoms with Crippen LogP contribution in [0.3, 0.4) is 0 Å². The van der Waals surface area contributed by atoms with Crippen LogP contribution in [0.2, 0.25) is 0 Å². The van der Waals surface area contributed by atoms with Crippen molar-refractivity contribution < 1.29 is 17.9 Å². The molecule has 6 heteroatoms. The zero-order valence-electron chi connectivity index (χ0n) is 14.5. The highest BCUT2D eigenvalue weighted by atomic mass is 32.2. The van der Waals surface area contributed by atoms with E-state index in [2.05, 4.69) is 19.2 Å². The van der Waals surface area contributed by atoms with Gasteiger partial charge in [-0.05, 0) is 43.9 Å². The maximum absolute atomic E-state index is 11.9. The average Bonchev–Trinajstić information content (AvgIpc) is 2.45. The van der Waals surface area contributed by atoms with E-state index in [1.165, 1.54) is 6.92 Å². The summed E-state index contributed by atoms with van der Waals surface area (Å²) in [5, 5.41) is 1.67. The molecule has 0 fully saturated rings. The first-order valence-corrected chi connectivity index (χ1v) is 9.78. The average molecular weight is 341 g/mol. The number of hydrogen-bond acceptors (Lipinski definition) is 4. The van der Waals surface area contributed by atoms with E-state index in [0.29, 0.717) is 12.5 Å². The van der Waals surface area contributed by atoms with E-state index in [1.54, 1.807) is 0 Å². The summed E-state index contributed by atoms with van der Waals surface area (Å²) in [6.45, 7) is 8.18. The summed E-state index contributed by atoms with van der Waals surface area (Å²) in [6.07, 6.45) is 2.06. The Balaban J connectivity index is 2.60. The second-order valence-electron chi connectivity index (χ2n) is 6.30. The Morgan fingerprint density at radius 3 is 2.17 bits per heavy atom. The molecular weight excluding hydrogens is 314 g/mol. The number of carbonyl (C=O) groups is 1. The van der Waals surface area contributed by atoms with Crippen molar-refractivity contribution in [1.82, 2.24) is 5.32 Å². The Bertz CT molecular complexity index is 608. The van der Waals surface area contributed by atoms with E-state index in [-0.39, 0.29) is 6.04 Å². The number of rotatable bonds is 8. The van der Waals surface area contributed by atoms with E-state index in [9.17, 15) is 13.2 Å². The molecule has 0 heterocycles. The molecule has 0 aliphatic rings. The molecule has 0 saturated heterocycles. The molecule has 0 aromatic heterocycles. The zero-order chi connectivity index (χ0) is 17.6. The van der Waals surface area contributed by atoms with Crippen molar-refractivity contribution in [2.75, 3.05) is 12.9 Å². The van der Waals surface area contributed by atoms with Gasteiger partial charge in [-0.3, -0.25) is 4.79 Å². The number of hydrogen-bond donors (Lipinski definition) is 1. The number of sulfone groups is 1. The smallest absolute Gasteiger partial charge is 0.238 e. The van der Waals surface area contributed by atoms with Gasteiger partial charge in [0.25, 0.3) is 0 Å². The van der Waals surface area contributed by atoms with Crippen LogP contribution in [0.25, 0.3) is 0 Å². The Morgan fingerprint density at radius 1 is 1.13 bits per heavy atom. The summed E-state index contributed by atoms with van der Waals surface area (Å²) >= 11 is 0. The van der Waals surface area contributed by atoms with Gasteiger partial charge in [-0.1, -0.05) is 26.0 Å². The highest BCUT2D eigenvalue weighted by Crippen LogP contribution is 2.18. The first-order valence-electron chi connectivity index (χ1n) is 7.83. The lowest BCUT2D eigenvalue weighted by Gasteiger charge is -2.17. The van der Waals surface area contributed by atoms with E-state index in [1.807, 2.05) is 31.2 Å². The van der Waals surface area contributed by atoms with Crippen LogP contribution in [0.1, 0.15) is 45.7 Å². The largest absolute Gasteiger partial charge is 0.494 e. The molecule has 0 aliphatic carbocycles. The highest BCUT2D eigenvalue weighted by molar-refractivity contribution is 7.92. The number of carbonyl (C=O) groups excluding carboxylic acids is 1. The fraction of sp³-hybridized carbons (Fsp3) is 0.588. The normalized spacial score (nSPS) is 14.3. The Kier molecular flexibility index (Phi) is 7.06. The molecule has 0 unspecified atom stereocenters. The molecule has 1 amide bonds. The van der Waals surface area contributed by atoms with E-state index in [0.717, 1.165) is 24.0 Å². The molecule has 0 aliphatic heterocycles. The molecule has 1 N–H and O–H groups in total. The minimum absolute atomic E-state index is 0.267. The molecule has 0 bridgehead atoms. The molecular formula is C17H27NO4S. The zero-order valence-corrected chi connectivity index (χ0v) is 15.3. The van der Waals surface area contributed by atoms with Crippen molar-refractivity contribution in [3.05, 3.63) is 29.8 Å². The predicted molar refractivity (Wildman–Crippen MR) is 92.3 cm³/mol. The number of benzene rings is 1. The number of amides is 1. The third kappa shape index (κ3) is 6.60. The number of nitrogens with one attached hydrogen (secondary N) is 1. The lowest BCUT2D eigenvalue weighted by Crippen LogP contribution is -2.38. The Hall–Kier alpha value is -1.56. The van der Waals surface area contributed by atoms with Gasteiger partial charge < -0.3 is 10.1 Å². The van der Waals surface area contributed by atoms with Crippen molar-refractivity contribution in [3.63, 3.8) is 0 Å². The molecule has 5 nitrogen and oxygen atoms in total. The fourth-order valence-corrected chi connectivity index (χ4v) is 2.33. The standard InChI is InChI=1S/C17H27NO4S/c1-12(2)10-11-22-16-8-6-15(7-9-16)13(3)18-17(19)14(4)23(5,20)21/h6-9,12-14H,10-11H2,1-5H3,(H,18,19)/t13-,14-/m0/s1. The van der Waals surface area contributed by atoms with E-state index < -0.39 is 21.0 Å². The van der Waals surface area contributed by atoms with Crippen LogP contribution in [-0.4, -0.2) is 32.4 Å². The monoisotopic (exact) mass is 341 g/mol. The maximum atomic E-state index is 11.9. The quantitative estimate of drug-likeness (QED) is 0.789. The first kappa shape index (κ1) is 19.5. The van der Waals surface area contributed by atoms with Gasteiger partial charge in [-0.15, -0.1) is 0 Å². The molecule has 0 spiro atoms. The van der Waals surface area contributed by atoms with Crippen molar-refractivity contribution in [2.45, 2.75) is 45.4 Å². The Morgan fingerprint density at radius 2 is 1.70 bits per heavy atom. The van der Waals surface area contributed by atoms with Crippen molar-refractivity contribution in [1.29, 1.82) is 0 Å². The minimum atomic E-state index is -3.39. The van der Waals surface area contributed by atoms with Gasteiger partial charge in [0, 0.05) is 6.26 Å². The maximum Gasteiger partial charge on any atom is 0.238 e. The molecule has 0 saturated carbocycles. The van der Waals surface area contributed by atoms with Crippen molar-refractivity contribution >= 4 is 15.7 Å². The lowest BCUT2D eigenvalue weighted by atomic mass is 10.1. The van der Waals surface area contributed by atoms with Crippen LogP contribution in [0.15, 0.2) is 24.3 Å². The van der Waals surface area contributed by atoms with Gasteiger partial charge in [0.15, 0.2) is 9.84 Å². The third-order valence-electron chi connectivity index (χ3n) is 3.71. The molecule has 1 aromatic rings. The summed E-state index contributed by atoms with van der Waals surface area (Å²) in [5.74, 6) is 0.899. The van der Waals surface area contributed by atoms with Gasteiger partial charge in [0.05, 0.1) is 12.6 Å². The highest BCUT2D eigenvalue weighted by Gasteiger charge is 2.24. The van der Waals surface area contributed by atoms with Gasteiger partial charge in [0.2, 0.25) is 5.91 Å². The summed E-state index contributed by atoms with van der Waals surface area (Å²) < 4.78 is 28.5. The summed E-state index contributed by atoms with van der Waals surface area (Å²) in [5.41, 5.74) is 0.898. The van der Waals surface area contributed by atoms with Crippen LogP contribution in [0.5, 0.6) is 5.75 Å². The fourth-order valence-electron chi connectivity index (χ4n) is 1.87. The predicted octanol–water partition coefficient (Wildman–Crippen LogP) is 2.72. The molecule has 23 heavy (non-hydrogen) atoms.